The number of hydrogen-bond donors (Lipinski definition) is 1. The predicted octanol–water partition coefficient (Wildman–Crippen LogP) is 3.37. The van der Waals surface area contributed by atoms with Crippen molar-refractivity contribution < 1.29 is 22.3 Å². The molecule has 0 aromatic heterocycles. The highest BCUT2D eigenvalue weighted by atomic mass is 35.5. The van der Waals surface area contributed by atoms with Gasteiger partial charge in [0.15, 0.2) is 0 Å². The molecule has 1 N–H and O–H groups in total. The number of ether oxygens (including phenoxy) is 1. The summed E-state index contributed by atoms with van der Waals surface area (Å²) in [6.07, 6.45) is 0. The Bertz CT molecular complexity index is 982. The Labute approximate surface area is 178 Å². The molecule has 29 heavy (non-hydrogen) atoms. The SMILES string of the molecule is O=C(CSCc1ccc(F)cc1Cl)Nc1cccc(S(=O)(=O)N2CCOCC2)c1. The summed E-state index contributed by atoms with van der Waals surface area (Å²) in [5, 5.41) is 3.03. The fourth-order valence-electron chi connectivity index (χ4n) is 2.76. The number of morpholine rings is 1. The number of anilines is 1. The quantitative estimate of drug-likeness (QED) is 0.688. The minimum absolute atomic E-state index is 0.128. The van der Waals surface area contributed by atoms with Crippen molar-refractivity contribution in [2.75, 3.05) is 37.4 Å². The van der Waals surface area contributed by atoms with Gasteiger partial charge in [0, 0.05) is 29.6 Å². The maximum atomic E-state index is 13.1. The number of sulfonamides is 1. The van der Waals surface area contributed by atoms with E-state index in [2.05, 4.69) is 5.32 Å². The van der Waals surface area contributed by atoms with Crippen molar-refractivity contribution in [1.82, 2.24) is 4.31 Å². The van der Waals surface area contributed by atoms with Crippen LogP contribution in [0.2, 0.25) is 5.02 Å². The van der Waals surface area contributed by atoms with Crippen LogP contribution < -0.4 is 5.32 Å². The molecule has 1 heterocycles. The van der Waals surface area contributed by atoms with Crippen molar-refractivity contribution in [3.05, 3.63) is 58.9 Å². The molecule has 156 valence electrons. The third-order valence-corrected chi connectivity index (χ3v) is 7.46. The van der Waals surface area contributed by atoms with E-state index in [1.807, 2.05) is 0 Å². The van der Waals surface area contributed by atoms with E-state index in [1.54, 1.807) is 18.2 Å². The fraction of sp³-hybridized carbons (Fsp3) is 0.316. The summed E-state index contributed by atoms with van der Waals surface area (Å²) in [6, 6.07) is 10.3. The standard InChI is InChI=1S/C19H20ClFN2O4S2/c20-18-10-15(21)5-4-14(18)12-28-13-19(24)22-16-2-1-3-17(11-16)29(25,26)23-6-8-27-9-7-23/h1-5,10-11H,6-9,12-13H2,(H,22,24). The van der Waals surface area contributed by atoms with Crippen LogP contribution in [0.5, 0.6) is 0 Å². The van der Waals surface area contributed by atoms with Crippen LogP contribution in [-0.4, -0.2) is 50.7 Å². The normalized spacial score (nSPS) is 15.2. The highest BCUT2D eigenvalue weighted by molar-refractivity contribution is 7.99. The van der Waals surface area contributed by atoms with Gasteiger partial charge < -0.3 is 10.1 Å². The maximum Gasteiger partial charge on any atom is 0.243 e. The summed E-state index contributed by atoms with van der Waals surface area (Å²) >= 11 is 7.30. The highest BCUT2D eigenvalue weighted by Crippen LogP contribution is 2.23. The van der Waals surface area contributed by atoms with Crippen molar-refractivity contribution in [3.63, 3.8) is 0 Å². The lowest BCUT2D eigenvalue weighted by Gasteiger charge is -2.26. The summed E-state index contributed by atoms with van der Waals surface area (Å²) in [4.78, 5) is 12.3. The number of thioether (sulfide) groups is 1. The van der Waals surface area contributed by atoms with Gasteiger partial charge in [-0.15, -0.1) is 11.8 Å². The molecular formula is C19H20ClFN2O4S2. The first-order valence-electron chi connectivity index (χ1n) is 8.86. The third-order valence-electron chi connectivity index (χ3n) is 4.23. The predicted molar refractivity (Wildman–Crippen MR) is 112 cm³/mol. The van der Waals surface area contributed by atoms with Gasteiger partial charge in [-0.25, -0.2) is 12.8 Å². The molecular weight excluding hydrogens is 439 g/mol. The molecule has 1 fully saturated rings. The van der Waals surface area contributed by atoms with Crippen molar-refractivity contribution in [1.29, 1.82) is 0 Å². The Morgan fingerprint density at radius 3 is 2.69 bits per heavy atom. The molecule has 3 rings (SSSR count). The van der Waals surface area contributed by atoms with Gasteiger partial charge in [0.25, 0.3) is 0 Å². The minimum atomic E-state index is -3.63. The van der Waals surface area contributed by atoms with Gasteiger partial charge in [0.05, 0.1) is 23.9 Å². The minimum Gasteiger partial charge on any atom is -0.379 e. The van der Waals surface area contributed by atoms with Crippen LogP contribution in [0.1, 0.15) is 5.56 Å². The van der Waals surface area contributed by atoms with Crippen LogP contribution in [0.4, 0.5) is 10.1 Å². The summed E-state index contributed by atoms with van der Waals surface area (Å²) in [7, 11) is -3.63. The first-order valence-corrected chi connectivity index (χ1v) is 11.8. The number of nitrogens with one attached hydrogen (secondary N) is 1. The van der Waals surface area contributed by atoms with Gasteiger partial charge in [-0.2, -0.15) is 4.31 Å². The molecule has 1 saturated heterocycles. The van der Waals surface area contributed by atoms with E-state index < -0.39 is 15.8 Å². The molecule has 0 saturated carbocycles. The Balaban J connectivity index is 1.57. The number of carbonyl (C=O) groups is 1. The number of rotatable bonds is 7. The Hall–Kier alpha value is -1.65. The Morgan fingerprint density at radius 2 is 1.97 bits per heavy atom. The van der Waals surface area contributed by atoms with Crippen LogP contribution in [0.15, 0.2) is 47.4 Å². The molecule has 0 unspecified atom stereocenters. The summed E-state index contributed by atoms with van der Waals surface area (Å²) in [6.45, 7) is 1.35. The molecule has 0 aliphatic carbocycles. The number of halogens is 2. The van der Waals surface area contributed by atoms with Crippen LogP contribution in [0, 0.1) is 5.82 Å². The Kier molecular flexibility index (Phi) is 7.53. The van der Waals surface area contributed by atoms with E-state index >= 15 is 0 Å². The van der Waals surface area contributed by atoms with E-state index in [-0.39, 0.29) is 16.6 Å². The van der Waals surface area contributed by atoms with Crippen molar-refractivity contribution in [3.8, 4) is 0 Å². The smallest absolute Gasteiger partial charge is 0.243 e. The lowest BCUT2D eigenvalue weighted by Crippen LogP contribution is -2.40. The zero-order valence-electron chi connectivity index (χ0n) is 15.4. The number of carbonyl (C=O) groups excluding carboxylic acids is 1. The van der Waals surface area contributed by atoms with Crippen LogP contribution >= 0.6 is 23.4 Å². The zero-order valence-corrected chi connectivity index (χ0v) is 17.8. The molecule has 0 spiro atoms. The second-order valence-corrected chi connectivity index (χ2v) is 9.65. The number of hydrogen-bond acceptors (Lipinski definition) is 5. The van der Waals surface area contributed by atoms with Gasteiger partial charge >= 0.3 is 0 Å². The van der Waals surface area contributed by atoms with Crippen molar-refractivity contribution in [2.24, 2.45) is 0 Å². The van der Waals surface area contributed by atoms with Crippen LogP contribution in [-0.2, 0) is 25.3 Å². The molecule has 0 radical (unpaired) electrons. The van der Waals surface area contributed by atoms with Crippen molar-refractivity contribution >= 4 is 45.0 Å². The number of amides is 1. The molecule has 10 heteroatoms. The molecule has 6 nitrogen and oxygen atoms in total. The lowest BCUT2D eigenvalue weighted by atomic mass is 10.2. The van der Waals surface area contributed by atoms with Crippen LogP contribution in [0.25, 0.3) is 0 Å². The highest BCUT2D eigenvalue weighted by Gasteiger charge is 2.26. The van der Waals surface area contributed by atoms with E-state index in [9.17, 15) is 17.6 Å². The second-order valence-electron chi connectivity index (χ2n) is 6.32. The van der Waals surface area contributed by atoms with Gasteiger partial charge in [-0.05, 0) is 35.9 Å². The molecule has 1 aliphatic heterocycles. The van der Waals surface area contributed by atoms with E-state index in [1.165, 1.54) is 40.3 Å². The zero-order chi connectivity index (χ0) is 20.9. The third kappa shape index (κ3) is 5.93. The van der Waals surface area contributed by atoms with E-state index in [0.29, 0.717) is 42.8 Å². The molecule has 0 bridgehead atoms. The lowest BCUT2D eigenvalue weighted by molar-refractivity contribution is -0.113. The first kappa shape index (κ1) is 22.0. The molecule has 2 aromatic rings. The number of nitrogens with zero attached hydrogens (tertiary/aromatic N) is 1. The topological polar surface area (TPSA) is 75.7 Å². The summed E-state index contributed by atoms with van der Waals surface area (Å²) < 4.78 is 45.1. The summed E-state index contributed by atoms with van der Waals surface area (Å²) in [5.41, 5.74) is 1.15. The van der Waals surface area contributed by atoms with E-state index in [4.69, 9.17) is 16.3 Å². The van der Waals surface area contributed by atoms with E-state index in [0.717, 1.165) is 5.56 Å². The first-order chi connectivity index (χ1) is 13.9. The summed E-state index contributed by atoms with van der Waals surface area (Å²) in [5.74, 6) is -0.0749. The number of benzene rings is 2. The average Bonchev–Trinajstić information content (AvgIpc) is 2.70. The molecule has 1 amide bonds. The van der Waals surface area contributed by atoms with Crippen molar-refractivity contribution in [2.45, 2.75) is 10.6 Å². The van der Waals surface area contributed by atoms with Gasteiger partial charge in [-0.3, -0.25) is 4.79 Å². The molecule has 0 atom stereocenters. The molecule has 1 aliphatic rings. The fourth-order valence-corrected chi connectivity index (χ4v) is 5.36. The Morgan fingerprint density at radius 1 is 1.21 bits per heavy atom. The largest absolute Gasteiger partial charge is 0.379 e. The van der Waals surface area contributed by atoms with Gasteiger partial charge in [0.2, 0.25) is 15.9 Å². The molecule has 2 aromatic carbocycles. The van der Waals surface area contributed by atoms with Gasteiger partial charge in [-0.1, -0.05) is 23.7 Å². The maximum absolute atomic E-state index is 13.1. The van der Waals surface area contributed by atoms with Gasteiger partial charge in [0.1, 0.15) is 5.82 Å². The average molecular weight is 459 g/mol. The second kappa shape index (κ2) is 9.90. The van der Waals surface area contributed by atoms with Crippen LogP contribution in [0.3, 0.4) is 0 Å². The monoisotopic (exact) mass is 458 g/mol.